The SMILES string of the molecule is CCOc1cccc(-c2cc(C(=O)Nc3sc4c(c3C(=O)OC)-c3ccc(OC)cc3CC4)c3ccccc3n2)c1. The molecule has 8 heteroatoms. The summed E-state index contributed by atoms with van der Waals surface area (Å²) in [5, 5.41) is 4.24. The molecule has 0 aliphatic heterocycles. The van der Waals surface area contributed by atoms with Crippen molar-refractivity contribution in [2.24, 2.45) is 0 Å². The Morgan fingerprint density at radius 1 is 0.951 bits per heavy atom. The third-order valence-corrected chi connectivity index (χ3v) is 8.37. The topological polar surface area (TPSA) is 86.8 Å². The molecule has 41 heavy (non-hydrogen) atoms. The van der Waals surface area contributed by atoms with Gasteiger partial charge in [-0.3, -0.25) is 4.79 Å². The van der Waals surface area contributed by atoms with Gasteiger partial charge in [-0.1, -0.05) is 36.4 Å². The molecule has 6 rings (SSSR count). The number of hydrogen-bond acceptors (Lipinski definition) is 7. The first-order chi connectivity index (χ1) is 20.0. The van der Waals surface area contributed by atoms with Crippen molar-refractivity contribution in [3.63, 3.8) is 0 Å². The lowest BCUT2D eigenvalue weighted by Gasteiger charge is -2.18. The smallest absolute Gasteiger partial charge is 0.341 e. The van der Waals surface area contributed by atoms with Crippen molar-refractivity contribution in [3.05, 3.63) is 94.4 Å². The molecule has 0 unspecified atom stereocenters. The van der Waals surface area contributed by atoms with E-state index in [1.165, 1.54) is 18.4 Å². The minimum absolute atomic E-state index is 0.329. The van der Waals surface area contributed by atoms with E-state index in [9.17, 15) is 9.59 Å². The van der Waals surface area contributed by atoms with Crippen molar-refractivity contribution in [1.29, 1.82) is 0 Å². The van der Waals surface area contributed by atoms with E-state index in [0.717, 1.165) is 51.5 Å². The summed E-state index contributed by atoms with van der Waals surface area (Å²) in [4.78, 5) is 33.0. The molecule has 206 valence electrons. The molecular formula is C33H28N2O5S. The van der Waals surface area contributed by atoms with Crippen molar-refractivity contribution in [3.8, 4) is 33.9 Å². The number of benzene rings is 3. The number of rotatable bonds is 7. The molecule has 1 aliphatic carbocycles. The van der Waals surface area contributed by atoms with Crippen molar-refractivity contribution in [1.82, 2.24) is 4.98 Å². The van der Waals surface area contributed by atoms with Gasteiger partial charge in [-0.25, -0.2) is 9.78 Å². The fraction of sp³-hybridized carbons (Fsp3) is 0.182. The highest BCUT2D eigenvalue weighted by atomic mass is 32.1. The Hall–Kier alpha value is -4.69. The summed E-state index contributed by atoms with van der Waals surface area (Å²) in [6, 6.07) is 22.8. The molecule has 0 spiro atoms. The van der Waals surface area contributed by atoms with E-state index in [0.29, 0.717) is 39.3 Å². The Morgan fingerprint density at radius 2 is 1.80 bits per heavy atom. The minimum atomic E-state index is -0.491. The zero-order chi connectivity index (χ0) is 28.5. The Bertz CT molecular complexity index is 1810. The molecule has 0 fully saturated rings. The lowest BCUT2D eigenvalue weighted by molar-refractivity contribution is 0.0603. The summed E-state index contributed by atoms with van der Waals surface area (Å²) < 4.78 is 16.3. The zero-order valence-electron chi connectivity index (χ0n) is 22.9. The first kappa shape index (κ1) is 26.5. The van der Waals surface area contributed by atoms with Crippen LogP contribution in [0.2, 0.25) is 0 Å². The van der Waals surface area contributed by atoms with Crippen molar-refractivity contribution < 1.29 is 23.8 Å². The molecule has 1 amide bonds. The molecule has 5 aromatic rings. The maximum absolute atomic E-state index is 14.0. The third kappa shape index (κ3) is 4.91. The molecule has 2 aromatic heterocycles. The van der Waals surface area contributed by atoms with Crippen LogP contribution >= 0.6 is 11.3 Å². The van der Waals surface area contributed by atoms with Gasteiger partial charge in [0.25, 0.3) is 5.91 Å². The van der Waals surface area contributed by atoms with Crippen LogP contribution in [-0.2, 0) is 17.6 Å². The number of amides is 1. The Labute approximate surface area is 241 Å². The quantitative estimate of drug-likeness (QED) is 0.211. The lowest BCUT2D eigenvalue weighted by atomic mass is 9.88. The number of aryl methyl sites for hydroxylation is 2. The number of esters is 1. The molecule has 0 atom stereocenters. The minimum Gasteiger partial charge on any atom is -0.497 e. The van der Waals surface area contributed by atoms with Crippen molar-refractivity contribution in [2.45, 2.75) is 19.8 Å². The number of nitrogens with one attached hydrogen (secondary N) is 1. The molecular weight excluding hydrogens is 536 g/mol. The van der Waals surface area contributed by atoms with Gasteiger partial charge in [0.15, 0.2) is 0 Å². The number of aromatic nitrogens is 1. The molecule has 0 radical (unpaired) electrons. The highest BCUT2D eigenvalue weighted by Gasteiger charge is 2.30. The highest BCUT2D eigenvalue weighted by molar-refractivity contribution is 7.17. The molecule has 1 aliphatic rings. The van der Waals surface area contributed by atoms with Gasteiger partial charge in [0.05, 0.1) is 37.6 Å². The molecule has 3 aromatic carbocycles. The predicted octanol–water partition coefficient (Wildman–Crippen LogP) is 7.18. The number of ether oxygens (including phenoxy) is 3. The van der Waals surface area contributed by atoms with Gasteiger partial charge in [-0.05, 0) is 67.3 Å². The number of methoxy groups -OCH3 is 2. The zero-order valence-corrected chi connectivity index (χ0v) is 23.8. The van der Waals surface area contributed by atoms with Gasteiger partial charge in [0.1, 0.15) is 22.1 Å². The summed E-state index contributed by atoms with van der Waals surface area (Å²) in [6.45, 7) is 2.48. The van der Waals surface area contributed by atoms with Gasteiger partial charge >= 0.3 is 5.97 Å². The van der Waals surface area contributed by atoms with E-state index in [4.69, 9.17) is 19.2 Å². The van der Waals surface area contributed by atoms with E-state index in [1.54, 1.807) is 13.2 Å². The van der Waals surface area contributed by atoms with E-state index in [-0.39, 0.29) is 5.91 Å². The normalized spacial score (nSPS) is 11.9. The summed E-state index contributed by atoms with van der Waals surface area (Å²) in [5.41, 5.74) is 5.87. The third-order valence-electron chi connectivity index (χ3n) is 7.20. The van der Waals surface area contributed by atoms with Gasteiger partial charge < -0.3 is 19.5 Å². The summed E-state index contributed by atoms with van der Waals surface area (Å²) >= 11 is 1.42. The van der Waals surface area contributed by atoms with Gasteiger partial charge in [-0.2, -0.15) is 0 Å². The average molecular weight is 565 g/mol. The Morgan fingerprint density at radius 3 is 2.61 bits per heavy atom. The second kappa shape index (κ2) is 11.1. The van der Waals surface area contributed by atoms with Crippen molar-refractivity contribution >= 4 is 39.1 Å². The summed E-state index contributed by atoms with van der Waals surface area (Å²) in [7, 11) is 2.99. The first-order valence-corrected chi connectivity index (χ1v) is 14.2. The van der Waals surface area contributed by atoms with Crippen LogP contribution in [0.25, 0.3) is 33.3 Å². The first-order valence-electron chi connectivity index (χ1n) is 13.4. The number of hydrogen-bond donors (Lipinski definition) is 1. The standard InChI is InChI=1S/C33H28N2O5S/c1-4-40-22-9-7-8-20(17-22)27-18-25(24-10-5-6-11-26(24)34-27)31(36)35-32-30(33(37)39-3)29-23-14-13-21(38-2)16-19(23)12-15-28(29)41-32/h5-11,13-14,16-18H,4,12,15H2,1-3H3,(H,35,36). The van der Waals surface area contributed by atoms with Crippen LogP contribution in [0.4, 0.5) is 5.00 Å². The summed E-state index contributed by atoms with van der Waals surface area (Å²) in [6.07, 6.45) is 1.56. The number of carbonyl (C=O) groups excluding carboxylic acids is 2. The van der Waals surface area contributed by atoms with Gasteiger partial charge in [0.2, 0.25) is 0 Å². The molecule has 0 bridgehead atoms. The second-order valence-electron chi connectivity index (χ2n) is 9.61. The number of anilines is 1. The largest absolute Gasteiger partial charge is 0.497 e. The average Bonchev–Trinajstić information content (AvgIpc) is 3.38. The number of thiophene rings is 1. The lowest BCUT2D eigenvalue weighted by Crippen LogP contribution is -2.15. The number of carbonyl (C=O) groups is 2. The predicted molar refractivity (Wildman–Crippen MR) is 161 cm³/mol. The van der Waals surface area contributed by atoms with E-state index >= 15 is 0 Å². The molecule has 2 heterocycles. The number of fused-ring (bicyclic) bond motifs is 4. The van der Waals surface area contributed by atoms with Crippen LogP contribution in [0.15, 0.2) is 72.8 Å². The highest BCUT2D eigenvalue weighted by Crippen LogP contribution is 2.46. The van der Waals surface area contributed by atoms with Crippen LogP contribution < -0.4 is 14.8 Å². The summed E-state index contributed by atoms with van der Waals surface area (Å²) in [5.74, 6) is 0.678. The van der Waals surface area contributed by atoms with Crippen molar-refractivity contribution in [2.75, 3.05) is 26.1 Å². The van der Waals surface area contributed by atoms with Crippen LogP contribution in [0.3, 0.4) is 0 Å². The van der Waals surface area contributed by atoms with Crippen LogP contribution in [0.1, 0.15) is 38.1 Å². The molecule has 7 nitrogen and oxygen atoms in total. The molecule has 1 N–H and O–H groups in total. The monoisotopic (exact) mass is 564 g/mol. The van der Waals surface area contributed by atoms with Crippen LogP contribution in [-0.4, -0.2) is 37.7 Å². The maximum Gasteiger partial charge on any atom is 0.341 e. The number of pyridine rings is 1. The maximum atomic E-state index is 14.0. The fourth-order valence-corrected chi connectivity index (χ4v) is 6.51. The fourth-order valence-electron chi connectivity index (χ4n) is 5.31. The molecule has 0 saturated heterocycles. The number of para-hydroxylation sites is 1. The van der Waals surface area contributed by atoms with E-state index in [2.05, 4.69) is 5.32 Å². The number of nitrogens with zero attached hydrogens (tertiary/aromatic N) is 1. The molecule has 0 saturated carbocycles. The Balaban J connectivity index is 1.44. The Kier molecular flexibility index (Phi) is 7.15. The van der Waals surface area contributed by atoms with Crippen LogP contribution in [0.5, 0.6) is 11.5 Å². The second-order valence-corrected chi connectivity index (χ2v) is 10.7. The van der Waals surface area contributed by atoms with Gasteiger partial charge in [-0.15, -0.1) is 11.3 Å². The van der Waals surface area contributed by atoms with Gasteiger partial charge in [0, 0.05) is 21.4 Å². The van der Waals surface area contributed by atoms with Crippen LogP contribution in [0, 0.1) is 0 Å². The van der Waals surface area contributed by atoms with E-state index in [1.807, 2.05) is 73.7 Å². The van der Waals surface area contributed by atoms with E-state index < -0.39 is 5.97 Å².